The van der Waals surface area contributed by atoms with Gasteiger partial charge in [0.1, 0.15) is 10.0 Å². The summed E-state index contributed by atoms with van der Waals surface area (Å²) in [5.74, 6) is -1.38. The molecular weight excluding hydrogens is 304 g/mol. The van der Waals surface area contributed by atoms with Gasteiger partial charge in [-0.15, -0.1) is 0 Å². The standard InChI is InChI=1S/C12H15ClN2O4S/c1-8-7-9(12(16)17)4-6-15(8)20(18,19)10-3-2-5-14-11(10)13/h2-3,5,8-9H,4,6-7H2,1H3,(H,16,17). The Kier molecular flexibility index (Phi) is 4.31. The Hall–Kier alpha value is -1.18. The van der Waals surface area contributed by atoms with Crippen LogP contribution in [0.3, 0.4) is 0 Å². The first kappa shape index (κ1) is 15.2. The van der Waals surface area contributed by atoms with E-state index < -0.39 is 21.9 Å². The molecule has 20 heavy (non-hydrogen) atoms. The molecule has 0 amide bonds. The van der Waals surface area contributed by atoms with Crippen molar-refractivity contribution in [2.24, 2.45) is 5.92 Å². The molecule has 1 saturated heterocycles. The largest absolute Gasteiger partial charge is 0.481 e. The van der Waals surface area contributed by atoms with E-state index in [2.05, 4.69) is 4.98 Å². The highest BCUT2D eigenvalue weighted by atomic mass is 35.5. The third-order valence-corrected chi connectivity index (χ3v) is 5.93. The second-order valence-electron chi connectivity index (χ2n) is 4.82. The van der Waals surface area contributed by atoms with Crippen LogP contribution < -0.4 is 0 Å². The Bertz CT molecular complexity index is 620. The minimum Gasteiger partial charge on any atom is -0.481 e. The van der Waals surface area contributed by atoms with Crippen molar-refractivity contribution in [3.05, 3.63) is 23.5 Å². The molecule has 110 valence electrons. The number of aliphatic carboxylic acids is 1. The van der Waals surface area contributed by atoms with Gasteiger partial charge in [-0.2, -0.15) is 4.31 Å². The summed E-state index contributed by atoms with van der Waals surface area (Å²) in [6, 6.07) is 2.53. The summed E-state index contributed by atoms with van der Waals surface area (Å²) in [6.45, 7) is 1.88. The van der Waals surface area contributed by atoms with Gasteiger partial charge in [0.2, 0.25) is 10.0 Å². The van der Waals surface area contributed by atoms with Gasteiger partial charge >= 0.3 is 5.97 Å². The molecule has 0 aromatic carbocycles. The molecule has 0 radical (unpaired) electrons. The number of sulfonamides is 1. The summed E-state index contributed by atoms with van der Waals surface area (Å²) >= 11 is 5.84. The highest BCUT2D eigenvalue weighted by Crippen LogP contribution is 2.30. The lowest BCUT2D eigenvalue weighted by Gasteiger charge is -2.35. The third-order valence-electron chi connectivity index (χ3n) is 3.48. The predicted octanol–water partition coefficient (Wildman–Crippen LogP) is 1.61. The number of piperidine rings is 1. The quantitative estimate of drug-likeness (QED) is 0.855. The van der Waals surface area contributed by atoms with Crippen molar-refractivity contribution < 1.29 is 18.3 Å². The van der Waals surface area contributed by atoms with Crippen LogP contribution in [0, 0.1) is 5.92 Å². The molecule has 1 aromatic rings. The van der Waals surface area contributed by atoms with Gasteiger partial charge in [0.05, 0.1) is 5.92 Å². The van der Waals surface area contributed by atoms with E-state index in [0.717, 1.165) is 0 Å². The van der Waals surface area contributed by atoms with Crippen LogP contribution in [-0.4, -0.2) is 41.4 Å². The fourth-order valence-electron chi connectivity index (χ4n) is 2.42. The Morgan fingerprint density at radius 3 is 2.80 bits per heavy atom. The lowest BCUT2D eigenvalue weighted by Crippen LogP contribution is -2.46. The van der Waals surface area contributed by atoms with Crippen molar-refractivity contribution in [3.63, 3.8) is 0 Å². The normalized spacial score (nSPS) is 24.5. The maximum Gasteiger partial charge on any atom is 0.306 e. The van der Waals surface area contributed by atoms with Crippen molar-refractivity contribution in [2.75, 3.05) is 6.54 Å². The first-order chi connectivity index (χ1) is 9.34. The van der Waals surface area contributed by atoms with E-state index in [4.69, 9.17) is 16.7 Å². The molecule has 1 aliphatic rings. The van der Waals surface area contributed by atoms with Gasteiger partial charge in [0.15, 0.2) is 0 Å². The van der Waals surface area contributed by atoms with Gasteiger partial charge in [-0.3, -0.25) is 4.79 Å². The summed E-state index contributed by atoms with van der Waals surface area (Å²) in [6.07, 6.45) is 2.02. The number of hydrogen-bond acceptors (Lipinski definition) is 4. The summed E-state index contributed by atoms with van der Waals surface area (Å²) in [4.78, 5) is 14.7. The lowest BCUT2D eigenvalue weighted by molar-refractivity contribution is -0.143. The number of pyridine rings is 1. The zero-order valence-electron chi connectivity index (χ0n) is 10.9. The minimum atomic E-state index is -3.75. The number of aromatic nitrogens is 1. The molecule has 1 fully saturated rings. The van der Waals surface area contributed by atoms with Crippen molar-refractivity contribution in [2.45, 2.75) is 30.7 Å². The average Bonchev–Trinajstić information content (AvgIpc) is 2.38. The van der Waals surface area contributed by atoms with E-state index in [0.29, 0.717) is 12.8 Å². The van der Waals surface area contributed by atoms with Gasteiger partial charge in [0.25, 0.3) is 0 Å². The highest BCUT2D eigenvalue weighted by Gasteiger charge is 2.37. The van der Waals surface area contributed by atoms with Crippen LogP contribution in [0.25, 0.3) is 0 Å². The zero-order valence-corrected chi connectivity index (χ0v) is 12.4. The van der Waals surface area contributed by atoms with Gasteiger partial charge in [-0.25, -0.2) is 13.4 Å². The average molecular weight is 319 g/mol. The number of carboxylic acids is 1. The summed E-state index contributed by atoms with van der Waals surface area (Å²) in [5, 5.41) is 8.94. The first-order valence-corrected chi connectivity index (χ1v) is 8.01. The van der Waals surface area contributed by atoms with E-state index in [1.807, 2.05) is 0 Å². The Morgan fingerprint density at radius 1 is 1.55 bits per heavy atom. The number of rotatable bonds is 3. The second kappa shape index (κ2) is 5.67. The van der Waals surface area contributed by atoms with E-state index in [9.17, 15) is 13.2 Å². The second-order valence-corrected chi connectivity index (χ2v) is 7.03. The number of nitrogens with zero attached hydrogens (tertiary/aromatic N) is 2. The molecule has 0 bridgehead atoms. The molecule has 1 aromatic heterocycles. The van der Waals surface area contributed by atoms with Crippen molar-refractivity contribution >= 4 is 27.6 Å². The maximum absolute atomic E-state index is 12.5. The SMILES string of the molecule is CC1CC(C(=O)O)CCN1S(=O)(=O)c1cccnc1Cl. The lowest BCUT2D eigenvalue weighted by atomic mass is 9.93. The Balaban J connectivity index is 2.28. The molecule has 0 aliphatic carbocycles. The van der Waals surface area contributed by atoms with Crippen LogP contribution in [0.4, 0.5) is 0 Å². The molecule has 1 N–H and O–H groups in total. The van der Waals surface area contributed by atoms with Crippen LogP contribution in [0.15, 0.2) is 23.2 Å². The van der Waals surface area contributed by atoms with E-state index in [1.54, 1.807) is 6.92 Å². The third kappa shape index (κ3) is 2.79. The topological polar surface area (TPSA) is 87.6 Å². The first-order valence-electron chi connectivity index (χ1n) is 6.19. The molecule has 1 aliphatic heterocycles. The van der Waals surface area contributed by atoms with Gasteiger partial charge in [-0.05, 0) is 31.9 Å². The molecule has 2 rings (SSSR count). The van der Waals surface area contributed by atoms with E-state index in [-0.39, 0.29) is 22.6 Å². The molecule has 0 saturated carbocycles. The van der Waals surface area contributed by atoms with Gasteiger partial charge < -0.3 is 5.11 Å². The van der Waals surface area contributed by atoms with Crippen LogP contribution in [-0.2, 0) is 14.8 Å². The van der Waals surface area contributed by atoms with Crippen molar-refractivity contribution in [3.8, 4) is 0 Å². The fourth-order valence-corrected chi connectivity index (χ4v) is 4.51. The fraction of sp³-hybridized carbons (Fsp3) is 0.500. The van der Waals surface area contributed by atoms with Crippen molar-refractivity contribution in [1.82, 2.24) is 9.29 Å². The van der Waals surface area contributed by atoms with Crippen LogP contribution in [0.5, 0.6) is 0 Å². The zero-order chi connectivity index (χ0) is 14.9. The summed E-state index contributed by atoms with van der Waals surface area (Å²) < 4.78 is 26.4. The molecule has 2 atom stereocenters. The van der Waals surface area contributed by atoms with E-state index >= 15 is 0 Å². The Labute approximate surface area is 122 Å². The smallest absolute Gasteiger partial charge is 0.306 e. The monoisotopic (exact) mass is 318 g/mol. The van der Waals surface area contributed by atoms with E-state index in [1.165, 1.54) is 22.6 Å². The predicted molar refractivity (Wildman–Crippen MR) is 73.0 cm³/mol. The molecule has 6 nitrogen and oxygen atoms in total. The van der Waals surface area contributed by atoms with Crippen molar-refractivity contribution in [1.29, 1.82) is 0 Å². The number of hydrogen-bond donors (Lipinski definition) is 1. The highest BCUT2D eigenvalue weighted by molar-refractivity contribution is 7.89. The minimum absolute atomic E-state index is 0.0395. The molecule has 8 heteroatoms. The number of carbonyl (C=O) groups is 1. The number of carboxylic acid groups (broad SMARTS) is 1. The maximum atomic E-state index is 12.5. The van der Waals surface area contributed by atoms with Crippen LogP contribution in [0.1, 0.15) is 19.8 Å². The van der Waals surface area contributed by atoms with Crippen LogP contribution in [0.2, 0.25) is 5.15 Å². The van der Waals surface area contributed by atoms with Gasteiger partial charge in [0, 0.05) is 18.8 Å². The molecular formula is C12H15ClN2O4S. The Morgan fingerprint density at radius 2 is 2.25 bits per heavy atom. The number of halogens is 1. The van der Waals surface area contributed by atoms with Crippen LogP contribution >= 0.6 is 11.6 Å². The molecule has 2 heterocycles. The molecule has 0 spiro atoms. The molecule has 2 unspecified atom stereocenters. The van der Waals surface area contributed by atoms with Gasteiger partial charge in [-0.1, -0.05) is 11.6 Å². The summed E-state index contributed by atoms with van der Waals surface area (Å²) in [7, 11) is -3.75. The summed E-state index contributed by atoms with van der Waals surface area (Å²) in [5.41, 5.74) is 0.